The maximum Gasteiger partial charge on any atom is 0.237 e. The van der Waals surface area contributed by atoms with Crippen molar-refractivity contribution in [1.29, 1.82) is 0 Å². The maximum atomic E-state index is 11.9. The van der Waals surface area contributed by atoms with Gasteiger partial charge in [0.1, 0.15) is 5.69 Å². The van der Waals surface area contributed by atoms with Crippen molar-refractivity contribution in [2.45, 2.75) is 6.42 Å². The number of hydrogen-bond donors (Lipinski definition) is 2. The van der Waals surface area contributed by atoms with Gasteiger partial charge in [0.25, 0.3) is 0 Å². The first-order chi connectivity index (χ1) is 9.19. The topological polar surface area (TPSA) is 90.1 Å². The zero-order valence-electron chi connectivity index (χ0n) is 10.5. The summed E-state index contributed by atoms with van der Waals surface area (Å²) in [4.78, 5) is 19.9. The number of pyridine rings is 2. The molecule has 0 saturated heterocycles. The predicted octanol–water partition coefficient (Wildman–Crippen LogP) is 1.25. The van der Waals surface area contributed by atoms with Crippen molar-refractivity contribution < 1.29 is 9.53 Å². The molecule has 2 heterocycles. The fourth-order valence-electron chi connectivity index (χ4n) is 1.55. The lowest BCUT2D eigenvalue weighted by atomic mass is 10.2. The smallest absolute Gasteiger partial charge is 0.237 e. The Balaban J connectivity index is 2.03. The van der Waals surface area contributed by atoms with Gasteiger partial charge < -0.3 is 15.8 Å². The number of nitrogen functional groups attached to an aromatic ring is 1. The van der Waals surface area contributed by atoms with E-state index in [2.05, 4.69) is 15.3 Å². The number of nitrogens with two attached hydrogens (primary N) is 1. The highest BCUT2D eigenvalue weighted by molar-refractivity contribution is 5.93. The van der Waals surface area contributed by atoms with Crippen LogP contribution in [0.15, 0.2) is 36.7 Å². The van der Waals surface area contributed by atoms with Gasteiger partial charge in [-0.05, 0) is 24.3 Å². The van der Waals surface area contributed by atoms with Gasteiger partial charge in [0.15, 0.2) is 0 Å². The maximum absolute atomic E-state index is 11.9. The van der Waals surface area contributed by atoms with Crippen molar-refractivity contribution in [3.8, 4) is 5.88 Å². The van der Waals surface area contributed by atoms with Gasteiger partial charge in [0, 0.05) is 11.9 Å². The van der Waals surface area contributed by atoms with Crippen LogP contribution in [0.1, 0.15) is 5.69 Å². The Morgan fingerprint density at radius 1 is 1.37 bits per heavy atom. The standard InChI is InChI=1S/C13H14N4O2/c1-19-13-11(3-2-6-15-13)17-12(18)7-10-5-4-9(14)8-16-10/h2-6,8H,7,14H2,1H3,(H,17,18). The van der Waals surface area contributed by atoms with Crippen molar-refractivity contribution in [3.05, 3.63) is 42.4 Å². The predicted molar refractivity (Wildman–Crippen MR) is 71.8 cm³/mol. The van der Waals surface area contributed by atoms with E-state index in [-0.39, 0.29) is 12.3 Å². The molecule has 0 aliphatic rings. The molecule has 2 aromatic heterocycles. The van der Waals surface area contributed by atoms with Crippen LogP contribution < -0.4 is 15.8 Å². The molecule has 0 spiro atoms. The van der Waals surface area contributed by atoms with Crippen molar-refractivity contribution in [3.63, 3.8) is 0 Å². The molecule has 0 unspecified atom stereocenters. The minimum Gasteiger partial charge on any atom is -0.480 e. The summed E-state index contributed by atoms with van der Waals surface area (Å²) in [5, 5.41) is 2.73. The molecule has 0 radical (unpaired) electrons. The summed E-state index contributed by atoms with van der Waals surface area (Å²) in [6, 6.07) is 6.87. The molecule has 0 aliphatic carbocycles. The number of hydrogen-bond acceptors (Lipinski definition) is 5. The Hall–Kier alpha value is -2.63. The number of methoxy groups -OCH3 is 1. The summed E-state index contributed by atoms with van der Waals surface area (Å²) in [6.07, 6.45) is 3.28. The quantitative estimate of drug-likeness (QED) is 0.861. The second kappa shape index (κ2) is 5.81. The monoisotopic (exact) mass is 258 g/mol. The molecule has 0 bridgehead atoms. The van der Waals surface area contributed by atoms with Crippen LogP contribution >= 0.6 is 0 Å². The molecule has 0 saturated carbocycles. The van der Waals surface area contributed by atoms with E-state index in [1.54, 1.807) is 30.5 Å². The summed E-state index contributed by atoms with van der Waals surface area (Å²) in [5.74, 6) is 0.185. The molecule has 6 nitrogen and oxygen atoms in total. The van der Waals surface area contributed by atoms with Gasteiger partial charge in [-0.1, -0.05) is 0 Å². The highest BCUT2D eigenvalue weighted by atomic mass is 16.5. The van der Waals surface area contributed by atoms with Gasteiger partial charge in [-0.3, -0.25) is 9.78 Å². The highest BCUT2D eigenvalue weighted by Gasteiger charge is 2.09. The summed E-state index contributed by atoms with van der Waals surface area (Å²) >= 11 is 0. The Labute approximate surface area is 110 Å². The van der Waals surface area contributed by atoms with Crippen molar-refractivity contribution in [1.82, 2.24) is 9.97 Å². The summed E-state index contributed by atoms with van der Waals surface area (Å²) < 4.78 is 5.05. The lowest BCUT2D eigenvalue weighted by molar-refractivity contribution is -0.115. The van der Waals surface area contributed by atoms with Crippen molar-refractivity contribution >= 4 is 17.3 Å². The molecule has 19 heavy (non-hydrogen) atoms. The van der Waals surface area contributed by atoms with Gasteiger partial charge in [-0.25, -0.2) is 4.98 Å². The number of aromatic nitrogens is 2. The summed E-state index contributed by atoms with van der Waals surface area (Å²) in [6.45, 7) is 0. The second-order valence-corrected chi connectivity index (χ2v) is 3.87. The summed E-state index contributed by atoms with van der Waals surface area (Å²) in [5.41, 5.74) is 7.28. The van der Waals surface area contributed by atoms with Crippen molar-refractivity contribution in [2.75, 3.05) is 18.2 Å². The van der Waals surface area contributed by atoms with E-state index < -0.39 is 0 Å². The number of carbonyl (C=O) groups excluding carboxylic acids is 1. The van der Waals surface area contributed by atoms with Gasteiger partial charge in [-0.15, -0.1) is 0 Å². The number of carbonyl (C=O) groups is 1. The third kappa shape index (κ3) is 3.41. The Morgan fingerprint density at radius 3 is 2.89 bits per heavy atom. The first kappa shape index (κ1) is 12.8. The third-order valence-electron chi connectivity index (χ3n) is 2.43. The van der Waals surface area contributed by atoms with E-state index in [1.807, 2.05) is 0 Å². The Bertz CT molecular complexity index is 569. The van der Waals surface area contributed by atoms with Gasteiger partial charge in [0.05, 0.1) is 25.4 Å². The van der Waals surface area contributed by atoms with Crippen LogP contribution in [0.3, 0.4) is 0 Å². The van der Waals surface area contributed by atoms with Crippen LogP contribution in [0.5, 0.6) is 5.88 Å². The molecule has 98 valence electrons. The van der Waals surface area contributed by atoms with Crippen LogP contribution in [-0.4, -0.2) is 23.0 Å². The Morgan fingerprint density at radius 2 is 2.21 bits per heavy atom. The molecule has 0 fully saturated rings. The lowest BCUT2D eigenvalue weighted by Gasteiger charge is -2.08. The minimum absolute atomic E-state index is 0.165. The van der Waals surface area contributed by atoms with E-state index >= 15 is 0 Å². The zero-order chi connectivity index (χ0) is 13.7. The average Bonchev–Trinajstić information content (AvgIpc) is 2.42. The van der Waals surface area contributed by atoms with E-state index in [9.17, 15) is 4.79 Å². The van der Waals surface area contributed by atoms with E-state index in [0.717, 1.165) is 0 Å². The fraction of sp³-hybridized carbons (Fsp3) is 0.154. The Kier molecular flexibility index (Phi) is 3.92. The van der Waals surface area contributed by atoms with Crippen LogP contribution in [-0.2, 0) is 11.2 Å². The number of rotatable bonds is 4. The molecule has 0 aliphatic heterocycles. The molecule has 2 aromatic rings. The van der Waals surface area contributed by atoms with E-state index in [4.69, 9.17) is 10.5 Å². The lowest BCUT2D eigenvalue weighted by Crippen LogP contribution is -2.16. The molecule has 0 aromatic carbocycles. The molecule has 3 N–H and O–H groups in total. The highest BCUT2D eigenvalue weighted by Crippen LogP contribution is 2.19. The SMILES string of the molecule is COc1ncccc1NC(=O)Cc1ccc(N)cn1. The second-order valence-electron chi connectivity index (χ2n) is 3.87. The largest absolute Gasteiger partial charge is 0.480 e. The fourth-order valence-corrected chi connectivity index (χ4v) is 1.55. The third-order valence-corrected chi connectivity index (χ3v) is 2.43. The zero-order valence-corrected chi connectivity index (χ0v) is 10.5. The molecular formula is C13H14N4O2. The number of anilines is 2. The van der Waals surface area contributed by atoms with E-state index in [1.165, 1.54) is 13.3 Å². The summed E-state index contributed by atoms with van der Waals surface area (Å²) in [7, 11) is 1.50. The molecule has 6 heteroatoms. The van der Waals surface area contributed by atoms with Crippen LogP contribution in [0.2, 0.25) is 0 Å². The number of nitrogens with one attached hydrogen (secondary N) is 1. The number of ether oxygens (including phenoxy) is 1. The average molecular weight is 258 g/mol. The van der Waals surface area contributed by atoms with Gasteiger partial charge in [-0.2, -0.15) is 0 Å². The van der Waals surface area contributed by atoms with Crippen LogP contribution in [0, 0.1) is 0 Å². The normalized spacial score (nSPS) is 9.95. The molecule has 0 atom stereocenters. The van der Waals surface area contributed by atoms with Crippen LogP contribution in [0.4, 0.5) is 11.4 Å². The first-order valence-electron chi connectivity index (χ1n) is 5.68. The van der Waals surface area contributed by atoms with Crippen molar-refractivity contribution in [2.24, 2.45) is 0 Å². The molecule has 1 amide bonds. The first-order valence-corrected chi connectivity index (χ1v) is 5.68. The molecule has 2 rings (SSSR count). The van der Waals surface area contributed by atoms with Gasteiger partial charge in [0.2, 0.25) is 11.8 Å². The minimum atomic E-state index is -0.191. The molecular weight excluding hydrogens is 244 g/mol. The van der Waals surface area contributed by atoms with Crippen LogP contribution in [0.25, 0.3) is 0 Å². The van der Waals surface area contributed by atoms with E-state index in [0.29, 0.717) is 22.9 Å². The number of amides is 1. The van der Waals surface area contributed by atoms with Gasteiger partial charge >= 0.3 is 0 Å². The number of nitrogens with zero attached hydrogens (tertiary/aromatic N) is 2.